The van der Waals surface area contributed by atoms with Gasteiger partial charge in [0.05, 0.1) is 18.1 Å². The normalized spacial score (nSPS) is 14.8. The molecule has 0 saturated heterocycles. The first-order valence-corrected chi connectivity index (χ1v) is 10.1. The van der Waals surface area contributed by atoms with Crippen molar-refractivity contribution in [2.45, 2.75) is 33.3 Å². The summed E-state index contributed by atoms with van der Waals surface area (Å²) in [6.45, 7) is 7.39. The number of hydrogen-bond donors (Lipinski definition) is 0. The highest BCUT2D eigenvalue weighted by atomic mass is 16.5. The van der Waals surface area contributed by atoms with Crippen molar-refractivity contribution in [3.05, 3.63) is 75.7 Å². The number of Topliss-reactive ketones (excluding diaryl/α,β-unsaturated/α-hetero) is 1. The molecule has 0 fully saturated rings. The van der Waals surface area contributed by atoms with Crippen LogP contribution in [0.3, 0.4) is 0 Å². The summed E-state index contributed by atoms with van der Waals surface area (Å²) in [4.78, 5) is 26.0. The zero-order chi connectivity index (χ0) is 22.3. The highest BCUT2D eigenvalue weighted by Crippen LogP contribution is 2.48. The van der Waals surface area contributed by atoms with E-state index in [2.05, 4.69) is 0 Å². The van der Waals surface area contributed by atoms with Crippen molar-refractivity contribution < 1.29 is 18.7 Å². The fourth-order valence-electron chi connectivity index (χ4n) is 3.80. The highest BCUT2D eigenvalue weighted by Gasteiger charge is 2.33. The average Bonchev–Trinajstić information content (AvgIpc) is 2.76. The third-order valence-electron chi connectivity index (χ3n) is 5.46. The molecule has 0 radical (unpaired) electrons. The van der Waals surface area contributed by atoms with Crippen LogP contribution in [0.2, 0.25) is 0 Å². The predicted molar refractivity (Wildman–Crippen MR) is 122 cm³/mol. The average molecular weight is 416 g/mol. The van der Waals surface area contributed by atoms with E-state index in [1.165, 1.54) is 13.2 Å². The van der Waals surface area contributed by atoms with Crippen LogP contribution in [0.4, 0.5) is 0 Å². The third kappa shape index (κ3) is 3.46. The zero-order valence-electron chi connectivity index (χ0n) is 18.2. The second kappa shape index (κ2) is 7.58. The standard InChI is InChI=1S/C26H24O5/c1-6-15(2)22(28)21-23(29-5)17-12-13-26(3,4)31-24(17)20-18(14-19(27)30-25(20)21)16-10-8-7-9-11-16/h6-14H,1-5H3. The molecular formula is C26H24O5. The summed E-state index contributed by atoms with van der Waals surface area (Å²) in [7, 11) is 1.50. The molecule has 0 spiro atoms. The largest absolute Gasteiger partial charge is 0.495 e. The molecule has 0 unspecified atom stereocenters. The van der Waals surface area contributed by atoms with E-state index < -0.39 is 11.2 Å². The predicted octanol–water partition coefficient (Wildman–Crippen LogP) is 5.80. The van der Waals surface area contributed by atoms with Crippen LogP contribution >= 0.6 is 0 Å². The molecule has 0 amide bonds. The van der Waals surface area contributed by atoms with Crippen molar-refractivity contribution in [1.82, 2.24) is 0 Å². The maximum atomic E-state index is 13.4. The number of hydrogen-bond acceptors (Lipinski definition) is 5. The minimum atomic E-state index is -0.584. The van der Waals surface area contributed by atoms with E-state index in [1.54, 1.807) is 19.9 Å². The molecule has 1 aliphatic rings. The number of benzene rings is 2. The van der Waals surface area contributed by atoms with E-state index in [-0.39, 0.29) is 16.9 Å². The van der Waals surface area contributed by atoms with Gasteiger partial charge in [0.1, 0.15) is 22.7 Å². The van der Waals surface area contributed by atoms with Crippen molar-refractivity contribution in [3.63, 3.8) is 0 Å². The van der Waals surface area contributed by atoms with Crippen molar-refractivity contribution >= 4 is 22.8 Å². The Morgan fingerprint density at radius 3 is 2.52 bits per heavy atom. The van der Waals surface area contributed by atoms with Gasteiger partial charge in [-0.05, 0) is 51.0 Å². The molecule has 0 atom stereocenters. The number of ketones is 1. The first-order chi connectivity index (χ1) is 14.8. The lowest BCUT2D eigenvalue weighted by molar-refractivity contribution is 0.103. The molecule has 0 bridgehead atoms. The number of fused-ring (bicyclic) bond motifs is 3. The Balaban J connectivity index is 2.25. The van der Waals surface area contributed by atoms with E-state index in [0.717, 1.165) is 5.56 Å². The summed E-state index contributed by atoms with van der Waals surface area (Å²) in [6, 6.07) is 11.0. The molecule has 0 aliphatic carbocycles. The monoisotopic (exact) mass is 416 g/mol. The van der Waals surface area contributed by atoms with Crippen molar-refractivity contribution in [2.24, 2.45) is 0 Å². The van der Waals surface area contributed by atoms with E-state index in [4.69, 9.17) is 13.9 Å². The lowest BCUT2D eigenvalue weighted by atomic mass is 9.90. The molecule has 31 heavy (non-hydrogen) atoms. The molecule has 1 aliphatic heterocycles. The number of rotatable bonds is 4. The van der Waals surface area contributed by atoms with Gasteiger partial charge in [0.15, 0.2) is 11.4 Å². The Morgan fingerprint density at radius 1 is 1.16 bits per heavy atom. The summed E-state index contributed by atoms with van der Waals surface area (Å²) in [6.07, 6.45) is 5.54. The summed E-state index contributed by atoms with van der Waals surface area (Å²) < 4.78 is 17.7. The summed E-state index contributed by atoms with van der Waals surface area (Å²) in [5.41, 5.74) is 1.88. The molecular weight excluding hydrogens is 392 g/mol. The Labute approximate surface area is 180 Å². The summed E-state index contributed by atoms with van der Waals surface area (Å²) >= 11 is 0. The van der Waals surface area contributed by atoms with E-state index in [0.29, 0.717) is 33.6 Å². The lowest BCUT2D eigenvalue weighted by Gasteiger charge is -2.30. The van der Waals surface area contributed by atoms with Gasteiger partial charge >= 0.3 is 5.63 Å². The molecule has 5 heteroatoms. The van der Waals surface area contributed by atoms with Crippen LogP contribution in [0.1, 0.15) is 43.6 Å². The SMILES string of the molecule is CC=C(C)C(=O)c1c(OC)c2c(c3c(-c4ccccc4)cc(=O)oc13)OC(C)(C)C=C2. The first-order valence-electron chi connectivity index (χ1n) is 10.1. The van der Waals surface area contributed by atoms with Crippen LogP contribution in [0, 0.1) is 0 Å². The third-order valence-corrected chi connectivity index (χ3v) is 5.46. The van der Waals surface area contributed by atoms with Gasteiger partial charge in [0.2, 0.25) is 0 Å². The quantitative estimate of drug-likeness (QED) is 0.305. The molecule has 158 valence electrons. The van der Waals surface area contributed by atoms with E-state index >= 15 is 0 Å². The van der Waals surface area contributed by atoms with Crippen molar-refractivity contribution in [2.75, 3.05) is 7.11 Å². The van der Waals surface area contributed by atoms with Crippen LogP contribution in [-0.2, 0) is 0 Å². The van der Waals surface area contributed by atoms with Gasteiger partial charge in [-0.1, -0.05) is 36.4 Å². The van der Waals surface area contributed by atoms with E-state index in [9.17, 15) is 9.59 Å². The Hall–Kier alpha value is -3.60. The number of methoxy groups -OCH3 is 1. The summed E-state index contributed by atoms with van der Waals surface area (Å²) in [5.74, 6) is 0.587. The Bertz CT molecular complexity index is 1310. The molecule has 2 heterocycles. The second-order valence-corrected chi connectivity index (χ2v) is 8.04. The smallest absolute Gasteiger partial charge is 0.336 e. The van der Waals surface area contributed by atoms with Crippen LogP contribution in [0.25, 0.3) is 28.2 Å². The van der Waals surface area contributed by atoms with Gasteiger partial charge in [-0.15, -0.1) is 0 Å². The fourth-order valence-corrected chi connectivity index (χ4v) is 3.80. The molecule has 0 N–H and O–H groups in total. The van der Waals surface area contributed by atoms with Gasteiger partial charge in [0.25, 0.3) is 0 Å². The van der Waals surface area contributed by atoms with Crippen LogP contribution in [0.15, 0.2) is 63.3 Å². The number of allylic oxidation sites excluding steroid dienone is 2. The van der Waals surface area contributed by atoms with Gasteiger partial charge in [-0.3, -0.25) is 4.79 Å². The minimum absolute atomic E-state index is 0.166. The number of carbonyl (C=O) groups is 1. The topological polar surface area (TPSA) is 65.7 Å². The van der Waals surface area contributed by atoms with Crippen LogP contribution in [-0.4, -0.2) is 18.5 Å². The van der Waals surface area contributed by atoms with Crippen LogP contribution in [0.5, 0.6) is 11.5 Å². The van der Waals surface area contributed by atoms with Gasteiger partial charge in [-0.2, -0.15) is 0 Å². The lowest BCUT2D eigenvalue weighted by Crippen LogP contribution is -2.28. The second-order valence-electron chi connectivity index (χ2n) is 8.04. The summed E-state index contributed by atoms with van der Waals surface area (Å²) in [5, 5.41) is 0.575. The molecule has 5 nitrogen and oxygen atoms in total. The first kappa shape index (κ1) is 20.7. The van der Waals surface area contributed by atoms with Gasteiger partial charge in [0, 0.05) is 11.6 Å². The number of ether oxygens (including phenoxy) is 2. The van der Waals surface area contributed by atoms with Crippen molar-refractivity contribution in [1.29, 1.82) is 0 Å². The minimum Gasteiger partial charge on any atom is -0.495 e. The zero-order valence-corrected chi connectivity index (χ0v) is 18.2. The molecule has 3 aromatic rings. The molecule has 0 saturated carbocycles. The maximum absolute atomic E-state index is 13.4. The van der Waals surface area contributed by atoms with E-state index in [1.807, 2.05) is 56.3 Å². The number of carbonyl (C=O) groups excluding carboxylic acids is 1. The molecule has 2 aromatic carbocycles. The van der Waals surface area contributed by atoms with Gasteiger partial charge in [-0.25, -0.2) is 4.79 Å². The Morgan fingerprint density at radius 2 is 1.87 bits per heavy atom. The Kier molecular flexibility index (Phi) is 5.05. The molecule has 4 rings (SSSR count). The highest BCUT2D eigenvalue weighted by molar-refractivity contribution is 6.20. The molecule has 1 aromatic heterocycles. The van der Waals surface area contributed by atoms with Crippen LogP contribution < -0.4 is 15.1 Å². The van der Waals surface area contributed by atoms with Gasteiger partial charge < -0.3 is 13.9 Å². The maximum Gasteiger partial charge on any atom is 0.336 e. The van der Waals surface area contributed by atoms with Crippen molar-refractivity contribution in [3.8, 4) is 22.6 Å². The fraction of sp³-hybridized carbons (Fsp3) is 0.231.